The van der Waals surface area contributed by atoms with Crippen LogP contribution in [0, 0.1) is 5.92 Å². The van der Waals surface area contributed by atoms with Gasteiger partial charge >= 0.3 is 24.1 Å². The summed E-state index contributed by atoms with van der Waals surface area (Å²) < 4.78 is 26.3. The Labute approximate surface area is 219 Å². The topological polar surface area (TPSA) is 140 Å². The minimum Gasteiger partial charge on any atom is -0.458 e. The van der Waals surface area contributed by atoms with E-state index in [1.165, 1.54) is 12.1 Å². The second-order valence-electron chi connectivity index (χ2n) is 9.08. The van der Waals surface area contributed by atoms with Crippen LogP contribution < -0.4 is 15.2 Å². The highest BCUT2D eigenvalue weighted by molar-refractivity contribution is 5.77. The number of hydrogen-bond acceptors (Lipinski definition) is 10. The van der Waals surface area contributed by atoms with Crippen molar-refractivity contribution in [2.45, 2.75) is 98.3 Å². The van der Waals surface area contributed by atoms with Crippen molar-refractivity contribution in [2.24, 2.45) is 11.7 Å². The number of benzene rings is 1. The van der Waals surface area contributed by atoms with Gasteiger partial charge in [-0.05, 0) is 56.7 Å². The van der Waals surface area contributed by atoms with E-state index in [9.17, 15) is 19.2 Å². The number of hydrogen-bond donors (Lipinski definition) is 1. The van der Waals surface area contributed by atoms with Crippen molar-refractivity contribution in [3.05, 3.63) is 23.8 Å². The average molecular weight is 524 g/mol. The van der Waals surface area contributed by atoms with Gasteiger partial charge in [0.05, 0.1) is 6.61 Å². The molecule has 1 aromatic carbocycles. The molecule has 4 atom stereocenters. The van der Waals surface area contributed by atoms with Gasteiger partial charge < -0.3 is 29.4 Å². The molecule has 208 valence electrons. The fourth-order valence-corrected chi connectivity index (χ4v) is 2.91. The molecule has 1 rings (SSSR count). The summed E-state index contributed by atoms with van der Waals surface area (Å²) >= 11 is 0. The summed E-state index contributed by atoms with van der Waals surface area (Å²) in [5, 5.41) is 0. The van der Waals surface area contributed by atoms with Gasteiger partial charge in [0.1, 0.15) is 18.2 Å². The zero-order valence-electron chi connectivity index (χ0n) is 22.7. The van der Waals surface area contributed by atoms with Crippen LogP contribution in [0.5, 0.6) is 11.5 Å². The maximum absolute atomic E-state index is 12.6. The molecule has 0 amide bonds. The van der Waals surface area contributed by atoms with Gasteiger partial charge in [0, 0.05) is 12.8 Å². The molecule has 10 nitrogen and oxygen atoms in total. The van der Waals surface area contributed by atoms with Gasteiger partial charge in [-0.1, -0.05) is 40.2 Å². The first kappa shape index (κ1) is 31.9. The van der Waals surface area contributed by atoms with Crippen molar-refractivity contribution in [1.29, 1.82) is 0 Å². The summed E-state index contributed by atoms with van der Waals surface area (Å²) in [6, 6.07) is 3.60. The second kappa shape index (κ2) is 16.6. The van der Waals surface area contributed by atoms with Crippen LogP contribution in [0.1, 0.15) is 79.2 Å². The van der Waals surface area contributed by atoms with E-state index in [-0.39, 0.29) is 43.3 Å². The van der Waals surface area contributed by atoms with Crippen molar-refractivity contribution in [1.82, 2.24) is 0 Å². The van der Waals surface area contributed by atoms with E-state index < -0.39 is 42.3 Å². The van der Waals surface area contributed by atoms with Crippen LogP contribution in [0.3, 0.4) is 0 Å². The molecule has 0 bridgehead atoms. The van der Waals surface area contributed by atoms with E-state index >= 15 is 0 Å². The number of nitrogens with two attached hydrogens (primary N) is 1. The van der Waals surface area contributed by atoms with E-state index in [2.05, 4.69) is 0 Å². The Morgan fingerprint density at radius 3 is 1.97 bits per heavy atom. The molecule has 0 aromatic heterocycles. The summed E-state index contributed by atoms with van der Waals surface area (Å²) in [7, 11) is 0. The second-order valence-corrected chi connectivity index (χ2v) is 9.08. The SMILES string of the molecule is CCCC(=O)Oc1ccc(C[C@H](N)C(=O)O[C@@H](C)[C@H](C)OC(=O)OCC(C)CC)cc1OC(=O)CCC. The summed E-state index contributed by atoms with van der Waals surface area (Å²) in [6.07, 6.45) is 0.214. The van der Waals surface area contributed by atoms with Crippen molar-refractivity contribution in [2.75, 3.05) is 6.61 Å². The highest BCUT2D eigenvalue weighted by Crippen LogP contribution is 2.30. The molecule has 0 saturated heterocycles. The molecule has 0 aliphatic carbocycles. The van der Waals surface area contributed by atoms with E-state index in [0.29, 0.717) is 18.4 Å². The lowest BCUT2D eigenvalue weighted by Gasteiger charge is -2.22. The van der Waals surface area contributed by atoms with Crippen LogP contribution in [-0.2, 0) is 35.0 Å². The Hall–Kier alpha value is -3.14. The lowest BCUT2D eigenvalue weighted by Crippen LogP contribution is -2.39. The maximum Gasteiger partial charge on any atom is 0.508 e. The summed E-state index contributed by atoms with van der Waals surface area (Å²) in [6.45, 7) is 11.0. The van der Waals surface area contributed by atoms with Crippen LogP contribution in [-0.4, -0.2) is 48.9 Å². The molecule has 1 aromatic rings. The molecule has 0 aliphatic heterocycles. The molecule has 0 spiro atoms. The van der Waals surface area contributed by atoms with Gasteiger partial charge in [0.15, 0.2) is 11.5 Å². The fourth-order valence-electron chi connectivity index (χ4n) is 2.91. The fraction of sp³-hybridized carbons (Fsp3) is 0.630. The van der Waals surface area contributed by atoms with Gasteiger partial charge in [-0.25, -0.2) is 4.79 Å². The zero-order valence-corrected chi connectivity index (χ0v) is 22.7. The Balaban J connectivity index is 2.79. The third-order valence-corrected chi connectivity index (χ3v) is 5.55. The zero-order chi connectivity index (χ0) is 28.0. The van der Waals surface area contributed by atoms with Crippen LogP contribution in [0.25, 0.3) is 0 Å². The lowest BCUT2D eigenvalue weighted by molar-refractivity contribution is -0.155. The Kier molecular flexibility index (Phi) is 14.3. The van der Waals surface area contributed by atoms with E-state index in [0.717, 1.165) is 6.42 Å². The first-order valence-electron chi connectivity index (χ1n) is 12.8. The minimum absolute atomic E-state index is 0.0687. The Bertz CT molecular complexity index is 902. The Morgan fingerprint density at radius 2 is 1.41 bits per heavy atom. The first-order valence-corrected chi connectivity index (χ1v) is 12.8. The summed E-state index contributed by atoms with van der Waals surface area (Å²) in [4.78, 5) is 48.4. The molecule has 0 radical (unpaired) electrons. The minimum atomic E-state index is -1.04. The maximum atomic E-state index is 12.6. The van der Waals surface area contributed by atoms with E-state index in [1.54, 1.807) is 19.9 Å². The predicted molar refractivity (Wildman–Crippen MR) is 136 cm³/mol. The number of carbonyl (C=O) groups is 4. The number of ether oxygens (including phenoxy) is 5. The average Bonchev–Trinajstić information content (AvgIpc) is 2.84. The third-order valence-electron chi connectivity index (χ3n) is 5.55. The lowest BCUT2D eigenvalue weighted by atomic mass is 10.1. The molecule has 0 aliphatic rings. The van der Waals surface area contributed by atoms with Crippen LogP contribution in [0.2, 0.25) is 0 Å². The molecule has 37 heavy (non-hydrogen) atoms. The van der Waals surface area contributed by atoms with Gasteiger partial charge in [-0.2, -0.15) is 0 Å². The number of carbonyl (C=O) groups excluding carboxylic acids is 4. The van der Waals surface area contributed by atoms with Gasteiger partial charge in [0.25, 0.3) is 0 Å². The van der Waals surface area contributed by atoms with Crippen LogP contribution >= 0.6 is 0 Å². The molecule has 0 saturated carbocycles. The number of rotatable bonds is 15. The normalized spacial score (nSPS) is 14.0. The molecule has 0 heterocycles. The smallest absolute Gasteiger partial charge is 0.458 e. The summed E-state index contributed by atoms with van der Waals surface area (Å²) in [5.41, 5.74) is 6.63. The summed E-state index contributed by atoms with van der Waals surface area (Å²) in [5.74, 6) is -1.21. The molecular weight excluding hydrogens is 482 g/mol. The van der Waals surface area contributed by atoms with Crippen LogP contribution in [0.15, 0.2) is 18.2 Å². The monoisotopic (exact) mass is 523 g/mol. The highest BCUT2D eigenvalue weighted by atomic mass is 16.7. The highest BCUT2D eigenvalue weighted by Gasteiger charge is 2.25. The van der Waals surface area contributed by atoms with Gasteiger partial charge in [0.2, 0.25) is 0 Å². The predicted octanol–water partition coefficient (Wildman–Crippen LogP) is 4.49. The quantitative estimate of drug-likeness (QED) is 0.258. The molecule has 10 heteroatoms. The Morgan fingerprint density at radius 1 is 0.838 bits per heavy atom. The standard InChI is InChI=1S/C27H41NO9/c1-7-10-24(29)36-22-13-12-20(15-23(22)37-25(30)11-8-2)14-21(28)26(31)34-18(5)19(6)35-27(32)33-16-17(4)9-3/h12-13,15,17-19,21H,7-11,14,16,28H2,1-6H3/t17?,18-,19-,21-/m0/s1. The van der Waals surface area contributed by atoms with Crippen molar-refractivity contribution < 1.29 is 42.9 Å². The third kappa shape index (κ3) is 12.1. The van der Waals surface area contributed by atoms with E-state index in [4.69, 9.17) is 29.4 Å². The molecule has 2 N–H and O–H groups in total. The van der Waals surface area contributed by atoms with Crippen molar-refractivity contribution in [3.8, 4) is 11.5 Å². The number of esters is 3. The molecule has 1 unspecified atom stereocenters. The molecular formula is C27H41NO9. The van der Waals surface area contributed by atoms with Crippen LogP contribution in [0.4, 0.5) is 4.79 Å². The van der Waals surface area contributed by atoms with Gasteiger partial charge in [-0.15, -0.1) is 0 Å². The van der Waals surface area contributed by atoms with Gasteiger partial charge in [-0.3, -0.25) is 14.4 Å². The van der Waals surface area contributed by atoms with Crippen molar-refractivity contribution in [3.63, 3.8) is 0 Å². The van der Waals surface area contributed by atoms with E-state index in [1.807, 2.05) is 27.7 Å². The van der Waals surface area contributed by atoms with Crippen molar-refractivity contribution >= 4 is 24.1 Å². The largest absolute Gasteiger partial charge is 0.508 e. The molecule has 0 fully saturated rings. The first-order chi connectivity index (χ1) is 17.5.